The van der Waals surface area contributed by atoms with Crippen LogP contribution >= 0.6 is 11.8 Å². The van der Waals surface area contributed by atoms with Crippen molar-refractivity contribution in [2.24, 2.45) is 5.92 Å². The summed E-state index contributed by atoms with van der Waals surface area (Å²) in [6.45, 7) is 2.26. The first-order valence-electron chi connectivity index (χ1n) is 12.1. The lowest BCUT2D eigenvalue weighted by molar-refractivity contribution is -0.119. The maximum Gasteiger partial charge on any atom is 0.262 e. The van der Waals surface area contributed by atoms with Crippen molar-refractivity contribution in [1.82, 2.24) is 14.9 Å². The van der Waals surface area contributed by atoms with Crippen LogP contribution in [0.25, 0.3) is 10.9 Å². The smallest absolute Gasteiger partial charge is 0.262 e. The van der Waals surface area contributed by atoms with Gasteiger partial charge in [-0.05, 0) is 63.9 Å². The van der Waals surface area contributed by atoms with Gasteiger partial charge in [0.15, 0.2) is 16.7 Å². The van der Waals surface area contributed by atoms with Crippen molar-refractivity contribution in [3.8, 4) is 17.6 Å². The van der Waals surface area contributed by atoms with Gasteiger partial charge in [0.1, 0.15) is 5.54 Å². The van der Waals surface area contributed by atoms with E-state index in [1.54, 1.807) is 23.6 Å². The Bertz CT molecular complexity index is 1240. The minimum atomic E-state index is -0.856. The highest BCUT2D eigenvalue weighted by molar-refractivity contribution is 7.99. The molecule has 8 nitrogen and oxygen atoms in total. The maximum atomic E-state index is 13.6. The number of ether oxygens (including phenoxy) is 2. The molecule has 0 radical (unpaired) electrons. The average Bonchev–Trinajstić information content (AvgIpc) is 3.73. The van der Waals surface area contributed by atoms with E-state index < -0.39 is 5.54 Å². The number of nitriles is 1. The number of aromatic nitrogens is 2. The number of benzene rings is 1. The normalized spacial score (nSPS) is 17.3. The van der Waals surface area contributed by atoms with E-state index in [1.165, 1.54) is 44.4 Å². The number of nitrogens with zero attached hydrogens (tertiary/aromatic N) is 3. The van der Waals surface area contributed by atoms with E-state index in [9.17, 15) is 14.9 Å². The predicted octanol–water partition coefficient (Wildman–Crippen LogP) is 4.20. The van der Waals surface area contributed by atoms with Gasteiger partial charge in [-0.2, -0.15) is 5.26 Å². The van der Waals surface area contributed by atoms with Crippen molar-refractivity contribution in [3.05, 3.63) is 34.1 Å². The fourth-order valence-corrected chi connectivity index (χ4v) is 5.39. The summed E-state index contributed by atoms with van der Waals surface area (Å²) in [5, 5.41) is 13.4. The van der Waals surface area contributed by atoms with E-state index in [2.05, 4.69) is 17.5 Å². The van der Waals surface area contributed by atoms with Crippen molar-refractivity contribution in [3.63, 3.8) is 0 Å². The lowest BCUT2D eigenvalue weighted by Crippen LogP contribution is -2.47. The van der Waals surface area contributed by atoms with Crippen molar-refractivity contribution in [2.75, 3.05) is 20.0 Å². The molecule has 0 spiro atoms. The van der Waals surface area contributed by atoms with Crippen molar-refractivity contribution in [2.45, 2.75) is 69.1 Å². The van der Waals surface area contributed by atoms with Crippen LogP contribution in [-0.4, -0.2) is 41.0 Å². The van der Waals surface area contributed by atoms with Crippen molar-refractivity contribution >= 4 is 28.6 Å². The lowest BCUT2D eigenvalue weighted by Gasteiger charge is -2.23. The molecule has 35 heavy (non-hydrogen) atoms. The van der Waals surface area contributed by atoms with Crippen LogP contribution in [-0.2, 0) is 11.3 Å². The molecule has 1 heterocycles. The van der Waals surface area contributed by atoms with Crippen molar-refractivity contribution in [1.29, 1.82) is 5.26 Å². The molecule has 2 aromatic rings. The molecular weight excluding hydrogens is 464 g/mol. The highest BCUT2D eigenvalue weighted by atomic mass is 32.2. The zero-order valence-corrected chi connectivity index (χ0v) is 21.4. The minimum Gasteiger partial charge on any atom is -0.493 e. The van der Waals surface area contributed by atoms with Crippen LogP contribution in [0.4, 0.5) is 0 Å². The quantitative estimate of drug-likeness (QED) is 0.298. The Labute approximate surface area is 209 Å². The molecule has 2 aliphatic rings. The first-order chi connectivity index (χ1) is 16.9. The van der Waals surface area contributed by atoms with Gasteiger partial charge in [-0.15, -0.1) is 0 Å². The summed E-state index contributed by atoms with van der Waals surface area (Å²) >= 11 is 1.22. The Balaban J connectivity index is 1.63. The molecule has 186 valence electrons. The fourth-order valence-electron chi connectivity index (χ4n) is 4.56. The molecule has 1 unspecified atom stereocenters. The second kappa shape index (κ2) is 10.7. The third-order valence-corrected chi connectivity index (χ3v) is 7.80. The third-order valence-electron chi connectivity index (χ3n) is 6.82. The topological polar surface area (TPSA) is 106 Å². The summed E-state index contributed by atoms with van der Waals surface area (Å²) in [5.41, 5.74) is 0.822. The Morgan fingerprint density at radius 1 is 1.29 bits per heavy atom. The molecule has 2 aliphatic carbocycles. The molecule has 1 amide bonds. The average molecular weight is 497 g/mol. The van der Waals surface area contributed by atoms with Gasteiger partial charge in [-0.1, -0.05) is 23.4 Å². The Hall–Kier alpha value is -2.99. The van der Waals surface area contributed by atoms with Crippen LogP contribution < -0.4 is 20.3 Å². The Kier molecular flexibility index (Phi) is 7.70. The van der Waals surface area contributed by atoms with Crippen LogP contribution in [0.2, 0.25) is 0 Å². The molecule has 1 aromatic carbocycles. The van der Waals surface area contributed by atoms with E-state index in [-0.39, 0.29) is 23.1 Å². The first kappa shape index (κ1) is 25.1. The van der Waals surface area contributed by atoms with Gasteiger partial charge in [-0.25, -0.2) is 4.98 Å². The van der Waals surface area contributed by atoms with E-state index >= 15 is 0 Å². The summed E-state index contributed by atoms with van der Waals surface area (Å²) in [4.78, 5) is 31.0. The van der Waals surface area contributed by atoms with Gasteiger partial charge in [0.05, 0.1) is 36.9 Å². The molecule has 0 bridgehead atoms. The number of fused-ring (bicyclic) bond motifs is 1. The van der Waals surface area contributed by atoms with Crippen LogP contribution in [0.3, 0.4) is 0 Å². The van der Waals surface area contributed by atoms with Crippen LogP contribution in [0, 0.1) is 17.2 Å². The molecule has 9 heteroatoms. The summed E-state index contributed by atoms with van der Waals surface area (Å²) in [7, 11) is 3.07. The monoisotopic (exact) mass is 496 g/mol. The van der Waals surface area contributed by atoms with Crippen LogP contribution in [0.1, 0.15) is 51.9 Å². The molecule has 4 rings (SSSR count). The molecule has 1 saturated carbocycles. The SMILES string of the molecule is COc1cc2nc(SCC(=O)NC(C)(C#N)C3CC3)n(CCC3=CCCCC3)c(=O)c2cc1OC. The Morgan fingerprint density at radius 2 is 2.03 bits per heavy atom. The molecule has 1 atom stereocenters. The molecule has 0 aliphatic heterocycles. The van der Waals surface area contributed by atoms with E-state index in [4.69, 9.17) is 14.5 Å². The fraction of sp³-hybridized carbons (Fsp3) is 0.538. The van der Waals surface area contributed by atoms with Crippen LogP contribution in [0.5, 0.6) is 11.5 Å². The standard InChI is InChI=1S/C26H32N4O4S/c1-26(16-27,18-9-10-18)29-23(31)15-35-25-28-20-14-22(34-3)21(33-2)13-19(20)24(32)30(25)12-11-17-7-5-4-6-8-17/h7,13-14,18H,4-6,8-12,15H2,1-3H3,(H,29,31). The van der Waals surface area contributed by atoms with E-state index in [1.807, 2.05) is 0 Å². The third kappa shape index (κ3) is 5.64. The minimum absolute atomic E-state index is 0.0674. The zero-order valence-electron chi connectivity index (χ0n) is 20.6. The van der Waals surface area contributed by atoms with Gasteiger partial charge < -0.3 is 14.8 Å². The number of methoxy groups -OCH3 is 2. The summed E-state index contributed by atoms with van der Waals surface area (Å²) in [6.07, 6.45) is 9.47. The number of thioether (sulfide) groups is 1. The van der Waals surface area contributed by atoms with Gasteiger partial charge in [0.2, 0.25) is 5.91 Å². The first-order valence-corrected chi connectivity index (χ1v) is 13.1. The number of allylic oxidation sites excluding steroid dienone is 2. The van der Waals surface area contributed by atoms with Gasteiger partial charge in [0, 0.05) is 12.6 Å². The van der Waals surface area contributed by atoms with E-state index in [0.29, 0.717) is 34.1 Å². The highest BCUT2D eigenvalue weighted by Gasteiger charge is 2.43. The molecule has 1 N–H and O–H groups in total. The van der Waals surface area contributed by atoms with Gasteiger partial charge in [-0.3, -0.25) is 14.2 Å². The number of carbonyl (C=O) groups is 1. The Morgan fingerprint density at radius 3 is 2.66 bits per heavy atom. The molecule has 0 saturated heterocycles. The van der Waals surface area contributed by atoms with Crippen LogP contribution in [0.15, 0.2) is 33.7 Å². The second-order valence-corrected chi connectivity index (χ2v) is 10.3. The zero-order chi connectivity index (χ0) is 25.0. The van der Waals surface area contributed by atoms with Gasteiger partial charge in [0.25, 0.3) is 5.56 Å². The molecule has 1 aromatic heterocycles. The summed E-state index contributed by atoms with van der Waals surface area (Å²) < 4.78 is 12.4. The lowest BCUT2D eigenvalue weighted by atomic mass is 9.97. The van der Waals surface area contributed by atoms with Crippen molar-refractivity contribution < 1.29 is 14.3 Å². The maximum absolute atomic E-state index is 13.6. The summed E-state index contributed by atoms with van der Waals surface area (Å²) in [6, 6.07) is 5.60. The largest absolute Gasteiger partial charge is 0.493 e. The summed E-state index contributed by atoms with van der Waals surface area (Å²) in [5.74, 6) is 0.979. The number of amides is 1. The van der Waals surface area contributed by atoms with E-state index in [0.717, 1.165) is 32.1 Å². The molecular formula is C26H32N4O4S. The second-order valence-electron chi connectivity index (χ2n) is 9.36. The number of rotatable bonds is 10. The number of carbonyl (C=O) groups excluding carboxylic acids is 1. The number of hydrogen-bond acceptors (Lipinski definition) is 7. The predicted molar refractivity (Wildman–Crippen MR) is 136 cm³/mol. The number of nitrogens with one attached hydrogen (secondary N) is 1. The van der Waals surface area contributed by atoms with Gasteiger partial charge >= 0.3 is 0 Å². The molecule has 1 fully saturated rings. The number of hydrogen-bond donors (Lipinski definition) is 1. The highest BCUT2D eigenvalue weighted by Crippen LogP contribution is 2.39.